The lowest BCUT2D eigenvalue weighted by molar-refractivity contribution is 0.275. The smallest absolute Gasteiger partial charge is 0.0233 e. The van der Waals surface area contributed by atoms with Crippen molar-refractivity contribution in [2.75, 3.05) is 13.1 Å². The number of nitrogens with zero attached hydrogens (tertiary/aromatic N) is 1. The van der Waals surface area contributed by atoms with E-state index in [0.717, 1.165) is 18.0 Å². The van der Waals surface area contributed by atoms with Crippen molar-refractivity contribution < 1.29 is 0 Å². The second-order valence-corrected chi connectivity index (χ2v) is 4.41. The summed E-state index contributed by atoms with van der Waals surface area (Å²) in [6.07, 6.45) is 2.56. The van der Waals surface area contributed by atoms with Crippen LogP contribution in [0.25, 0.3) is 0 Å². The zero-order valence-electron chi connectivity index (χ0n) is 9.74. The molecule has 0 fully saturated rings. The van der Waals surface area contributed by atoms with Crippen molar-refractivity contribution in [2.24, 2.45) is 0 Å². The first-order valence-corrected chi connectivity index (χ1v) is 6.21. The standard InChI is InChI=1S/C13H21NS/c1-3-5-10-14(4-2)11-12-6-8-13(15)9-7-12/h6-9,15H,3-5,10-11H2,1-2H3. The molecule has 0 aliphatic carbocycles. The van der Waals surface area contributed by atoms with E-state index in [1.54, 1.807) is 0 Å². The molecule has 1 aromatic carbocycles. The van der Waals surface area contributed by atoms with Crippen LogP contribution in [0.3, 0.4) is 0 Å². The minimum Gasteiger partial charge on any atom is -0.299 e. The van der Waals surface area contributed by atoms with Gasteiger partial charge in [-0.15, -0.1) is 12.6 Å². The first kappa shape index (κ1) is 12.6. The molecule has 1 aromatic rings. The Morgan fingerprint density at radius 2 is 1.80 bits per heavy atom. The van der Waals surface area contributed by atoms with Gasteiger partial charge in [0.15, 0.2) is 0 Å². The molecule has 0 aromatic heterocycles. The number of hydrogen-bond acceptors (Lipinski definition) is 2. The summed E-state index contributed by atoms with van der Waals surface area (Å²) in [6, 6.07) is 8.45. The van der Waals surface area contributed by atoms with Gasteiger partial charge in [-0.1, -0.05) is 32.4 Å². The second kappa shape index (κ2) is 6.91. The number of benzene rings is 1. The Bertz CT molecular complexity index is 268. The molecular formula is C13H21NS. The lowest BCUT2D eigenvalue weighted by atomic mass is 10.2. The first-order chi connectivity index (χ1) is 7.26. The minimum atomic E-state index is 1.04. The molecule has 1 nitrogen and oxygen atoms in total. The van der Waals surface area contributed by atoms with Crippen molar-refractivity contribution in [3.8, 4) is 0 Å². The van der Waals surface area contributed by atoms with Crippen LogP contribution in [0, 0.1) is 0 Å². The number of unbranched alkanes of at least 4 members (excludes halogenated alkanes) is 1. The van der Waals surface area contributed by atoms with Gasteiger partial charge >= 0.3 is 0 Å². The molecule has 0 saturated carbocycles. The highest BCUT2D eigenvalue weighted by atomic mass is 32.1. The van der Waals surface area contributed by atoms with Crippen molar-refractivity contribution in [2.45, 2.75) is 38.1 Å². The third-order valence-electron chi connectivity index (χ3n) is 2.62. The first-order valence-electron chi connectivity index (χ1n) is 5.76. The van der Waals surface area contributed by atoms with Crippen LogP contribution in [0.2, 0.25) is 0 Å². The normalized spacial score (nSPS) is 10.9. The quantitative estimate of drug-likeness (QED) is 0.721. The van der Waals surface area contributed by atoms with Crippen LogP contribution in [-0.4, -0.2) is 18.0 Å². The minimum absolute atomic E-state index is 1.04. The largest absolute Gasteiger partial charge is 0.299 e. The van der Waals surface area contributed by atoms with Gasteiger partial charge in [0.25, 0.3) is 0 Å². The zero-order valence-corrected chi connectivity index (χ0v) is 10.6. The molecule has 0 bridgehead atoms. The molecule has 0 radical (unpaired) electrons. The molecule has 0 amide bonds. The third kappa shape index (κ3) is 4.72. The van der Waals surface area contributed by atoms with E-state index in [2.05, 4.69) is 55.6 Å². The lowest BCUT2D eigenvalue weighted by Gasteiger charge is -2.20. The number of thiol groups is 1. The van der Waals surface area contributed by atoms with Crippen LogP contribution in [0.1, 0.15) is 32.3 Å². The number of hydrogen-bond donors (Lipinski definition) is 1. The van der Waals surface area contributed by atoms with Crippen molar-refractivity contribution in [3.63, 3.8) is 0 Å². The summed E-state index contributed by atoms with van der Waals surface area (Å²) in [7, 11) is 0. The molecule has 0 aliphatic heterocycles. The van der Waals surface area contributed by atoms with Crippen LogP contribution in [0.15, 0.2) is 29.2 Å². The number of rotatable bonds is 6. The van der Waals surface area contributed by atoms with E-state index in [9.17, 15) is 0 Å². The van der Waals surface area contributed by atoms with E-state index in [-0.39, 0.29) is 0 Å². The SMILES string of the molecule is CCCCN(CC)Cc1ccc(S)cc1. The van der Waals surface area contributed by atoms with Gasteiger partial charge in [-0.05, 0) is 37.2 Å². The molecule has 2 heteroatoms. The highest BCUT2D eigenvalue weighted by Crippen LogP contribution is 2.10. The molecule has 84 valence electrons. The van der Waals surface area contributed by atoms with Gasteiger partial charge in [0.2, 0.25) is 0 Å². The monoisotopic (exact) mass is 223 g/mol. The summed E-state index contributed by atoms with van der Waals surface area (Å²) in [6.45, 7) is 7.86. The molecule has 0 unspecified atom stereocenters. The summed E-state index contributed by atoms with van der Waals surface area (Å²) in [5, 5.41) is 0. The average molecular weight is 223 g/mol. The van der Waals surface area contributed by atoms with Crippen LogP contribution >= 0.6 is 12.6 Å². The zero-order chi connectivity index (χ0) is 11.1. The van der Waals surface area contributed by atoms with Gasteiger partial charge in [-0.3, -0.25) is 4.90 Å². The molecule has 0 aliphatic rings. The summed E-state index contributed by atoms with van der Waals surface area (Å²) < 4.78 is 0. The van der Waals surface area contributed by atoms with E-state index >= 15 is 0 Å². The molecule has 0 heterocycles. The van der Waals surface area contributed by atoms with Gasteiger partial charge in [0.1, 0.15) is 0 Å². The fourth-order valence-corrected chi connectivity index (χ4v) is 1.74. The van der Waals surface area contributed by atoms with Crippen LogP contribution < -0.4 is 0 Å². The summed E-state index contributed by atoms with van der Waals surface area (Å²) >= 11 is 4.29. The van der Waals surface area contributed by atoms with E-state index in [4.69, 9.17) is 0 Å². The molecule has 0 saturated heterocycles. The fraction of sp³-hybridized carbons (Fsp3) is 0.538. The van der Waals surface area contributed by atoms with Crippen molar-refractivity contribution >= 4 is 12.6 Å². The van der Waals surface area contributed by atoms with E-state index in [1.165, 1.54) is 24.9 Å². The predicted molar refractivity (Wildman–Crippen MR) is 69.6 cm³/mol. The Kier molecular flexibility index (Phi) is 5.81. The summed E-state index contributed by atoms with van der Waals surface area (Å²) in [5.74, 6) is 0. The highest BCUT2D eigenvalue weighted by Gasteiger charge is 2.02. The van der Waals surface area contributed by atoms with Crippen molar-refractivity contribution in [1.82, 2.24) is 4.90 Å². The van der Waals surface area contributed by atoms with E-state index in [0.29, 0.717) is 0 Å². The third-order valence-corrected chi connectivity index (χ3v) is 2.92. The predicted octanol–water partition coefficient (Wildman–Crippen LogP) is 3.60. The molecular weight excluding hydrogens is 202 g/mol. The Morgan fingerprint density at radius 1 is 1.13 bits per heavy atom. The van der Waals surface area contributed by atoms with E-state index < -0.39 is 0 Å². The van der Waals surface area contributed by atoms with Gasteiger partial charge in [-0.2, -0.15) is 0 Å². The second-order valence-electron chi connectivity index (χ2n) is 3.89. The average Bonchev–Trinajstić information content (AvgIpc) is 2.27. The Hall–Kier alpha value is -0.470. The molecule has 0 atom stereocenters. The van der Waals surface area contributed by atoms with Crippen LogP contribution in [0.5, 0.6) is 0 Å². The van der Waals surface area contributed by atoms with Crippen LogP contribution in [-0.2, 0) is 6.54 Å². The van der Waals surface area contributed by atoms with Gasteiger partial charge in [0, 0.05) is 11.4 Å². The molecule has 0 spiro atoms. The Morgan fingerprint density at radius 3 is 2.33 bits per heavy atom. The fourth-order valence-electron chi connectivity index (χ4n) is 1.59. The lowest BCUT2D eigenvalue weighted by Crippen LogP contribution is -2.23. The Labute approximate surface area is 98.9 Å². The van der Waals surface area contributed by atoms with Crippen molar-refractivity contribution in [1.29, 1.82) is 0 Å². The molecule has 1 rings (SSSR count). The topological polar surface area (TPSA) is 3.24 Å². The highest BCUT2D eigenvalue weighted by molar-refractivity contribution is 7.80. The summed E-state index contributed by atoms with van der Waals surface area (Å²) in [4.78, 5) is 3.52. The van der Waals surface area contributed by atoms with Crippen LogP contribution in [0.4, 0.5) is 0 Å². The maximum absolute atomic E-state index is 4.29. The van der Waals surface area contributed by atoms with Crippen molar-refractivity contribution in [3.05, 3.63) is 29.8 Å². The Balaban J connectivity index is 2.47. The van der Waals surface area contributed by atoms with Gasteiger partial charge in [-0.25, -0.2) is 0 Å². The maximum Gasteiger partial charge on any atom is 0.0233 e. The molecule has 15 heavy (non-hydrogen) atoms. The van der Waals surface area contributed by atoms with Gasteiger partial charge in [0.05, 0.1) is 0 Å². The van der Waals surface area contributed by atoms with E-state index in [1.807, 2.05) is 0 Å². The summed E-state index contributed by atoms with van der Waals surface area (Å²) in [5.41, 5.74) is 1.38. The van der Waals surface area contributed by atoms with Gasteiger partial charge < -0.3 is 0 Å². The maximum atomic E-state index is 4.29. The molecule has 0 N–H and O–H groups in total.